The van der Waals surface area contributed by atoms with E-state index in [1.54, 1.807) is 0 Å². The van der Waals surface area contributed by atoms with E-state index in [4.69, 9.17) is 4.74 Å². The molecule has 1 aromatic carbocycles. The van der Waals surface area contributed by atoms with Crippen molar-refractivity contribution < 1.29 is 4.74 Å². The molecule has 1 saturated heterocycles. The minimum Gasteiger partial charge on any atom is -0.385 e. The van der Waals surface area contributed by atoms with Crippen LogP contribution in [0, 0.1) is 5.92 Å². The highest BCUT2D eigenvalue weighted by molar-refractivity contribution is 5.54. The molecular formula is C14H19NO. The molecule has 86 valence electrons. The largest absolute Gasteiger partial charge is 0.385 e. The zero-order valence-electron chi connectivity index (χ0n) is 9.61. The third-order valence-electron chi connectivity index (χ3n) is 3.90. The average Bonchev–Trinajstić information content (AvgIpc) is 2.39. The van der Waals surface area contributed by atoms with Crippen LogP contribution in [-0.4, -0.2) is 19.8 Å². The molecule has 2 atom stereocenters. The van der Waals surface area contributed by atoms with Crippen molar-refractivity contribution in [3.05, 3.63) is 29.8 Å². The Morgan fingerprint density at radius 2 is 2.12 bits per heavy atom. The van der Waals surface area contributed by atoms with E-state index in [1.165, 1.54) is 30.5 Å². The zero-order chi connectivity index (χ0) is 10.8. The number of hydrogen-bond donors (Lipinski definition) is 1. The van der Waals surface area contributed by atoms with Crippen LogP contribution in [-0.2, 0) is 4.74 Å². The summed E-state index contributed by atoms with van der Waals surface area (Å²) in [5.74, 6) is 1.44. The molecule has 2 heterocycles. The average molecular weight is 217 g/mol. The molecule has 2 nitrogen and oxygen atoms in total. The Morgan fingerprint density at radius 3 is 3.00 bits per heavy atom. The topological polar surface area (TPSA) is 21.3 Å². The molecule has 0 saturated carbocycles. The van der Waals surface area contributed by atoms with E-state index in [0.29, 0.717) is 5.92 Å². The Labute approximate surface area is 97.0 Å². The third kappa shape index (κ3) is 1.82. The Balaban J connectivity index is 1.86. The van der Waals surface area contributed by atoms with Crippen LogP contribution < -0.4 is 5.32 Å². The smallest absolute Gasteiger partial charge is 0.0500 e. The van der Waals surface area contributed by atoms with E-state index in [0.717, 1.165) is 25.7 Å². The van der Waals surface area contributed by atoms with Gasteiger partial charge in [-0.1, -0.05) is 18.2 Å². The van der Waals surface area contributed by atoms with E-state index in [9.17, 15) is 0 Å². The summed E-state index contributed by atoms with van der Waals surface area (Å²) in [6, 6.07) is 8.75. The van der Waals surface area contributed by atoms with Crippen LogP contribution in [0.2, 0.25) is 0 Å². The fourth-order valence-electron chi connectivity index (χ4n) is 3.07. The van der Waals surface area contributed by atoms with Gasteiger partial charge in [0.15, 0.2) is 0 Å². The first-order chi connectivity index (χ1) is 7.95. The second kappa shape index (κ2) is 4.46. The predicted octanol–water partition coefficient (Wildman–Crippen LogP) is 3.01. The first kappa shape index (κ1) is 10.2. The predicted molar refractivity (Wildman–Crippen MR) is 65.8 cm³/mol. The number of benzene rings is 1. The van der Waals surface area contributed by atoms with Gasteiger partial charge in [-0.3, -0.25) is 0 Å². The van der Waals surface area contributed by atoms with Gasteiger partial charge in [0.25, 0.3) is 0 Å². The van der Waals surface area contributed by atoms with Crippen molar-refractivity contribution in [2.24, 2.45) is 5.92 Å². The Bertz CT molecular complexity index is 358. The van der Waals surface area contributed by atoms with Crippen LogP contribution in [0.3, 0.4) is 0 Å². The molecule has 0 radical (unpaired) electrons. The quantitative estimate of drug-likeness (QED) is 0.780. The Morgan fingerprint density at radius 1 is 1.19 bits per heavy atom. The molecule has 1 N–H and O–H groups in total. The van der Waals surface area contributed by atoms with Crippen LogP contribution in [0.15, 0.2) is 24.3 Å². The van der Waals surface area contributed by atoms with Gasteiger partial charge in [0.2, 0.25) is 0 Å². The van der Waals surface area contributed by atoms with Gasteiger partial charge in [-0.25, -0.2) is 0 Å². The van der Waals surface area contributed by atoms with Crippen molar-refractivity contribution in [2.45, 2.75) is 25.2 Å². The van der Waals surface area contributed by atoms with Gasteiger partial charge in [-0.15, -0.1) is 0 Å². The van der Waals surface area contributed by atoms with E-state index in [2.05, 4.69) is 29.6 Å². The number of nitrogens with one attached hydrogen (secondary N) is 1. The standard InChI is InChI=1S/C14H19NO/c1-2-6-14-13(5-1)12(7-8-15-14)11-4-3-9-16-10-11/h1-2,5-6,11-12,15H,3-4,7-10H2. The maximum absolute atomic E-state index is 5.63. The molecule has 0 spiro atoms. The van der Waals surface area contributed by atoms with Crippen molar-refractivity contribution >= 4 is 5.69 Å². The molecule has 3 rings (SSSR count). The molecule has 1 fully saturated rings. The molecule has 0 amide bonds. The second-order valence-corrected chi connectivity index (χ2v) is 4.89. The summed E-state index contributed by atoms with van der Waals surface area (Å²) >= 11 is 0. The van der Waals surface area contributed by atoms with Gasteiger partial charge in [-0.2, -0.15) is 0 Å². The highest BCUT2D eigenvalue weighted by Crippen LogP contribution is 2.39. The lowest BCUT2D eigenvalue weighted by Crippen LogP contribution is -2.28. The van der Waals surface area contributed by atoms with Crippen molar-refractivity contribution in [1.29, 1.82) is 0 Å². The fourth-order valence-corrected chi connectivity index (χ4v) is 3.07. The maximum Gasteiger partial charge on any atom is 0.0500 e. The highest BCUT2D eigenvalue weighted by atomic mass is 16.5. The van der Waals surface area contributed by atoms with E-state index in [1.807, 2.05) is 0 Å². The monoisotopic (exact) mass is 217 g/mol. The maximum atomic E-state index is 5.63. The summed E-state index contributed by atoms with van der Waals surface area (Å²) < 4.78 is 5.63. The molecule has 0 aliphatic carbocycles. The van der Waals surface area contributed by atoms with E-state index < -0.39 is 0 Å². The Hall–Kier alpha value is -1.02. The molecular weight excluding hydrogens is 198 g/mol. The molecule has 2 unspecified atom stereocenters. The van der Waals surface area contributed by atoms with Crippen LogP contribution in [0.25, 0.3) is 0 Å². The lowest BCUT2D eigenvalue weighted by atomic mass is 9.78. The molecule has 0 aromatic heterocycles. The van der Waals surface area contributed by atoms with Gasteiger partial charge in [0.1, 0.15) is 0 Å². The minimum absolute atomic E-state index is 0.706. The zero-order valence-corrected chi connectivity index (χ0v) is 9.61. The lowest BCUT2D eigenvalue weighted by molar-refractivity contribution is 0.0429. The summed E-state index contributed by atoms with van der Waals surface area (Å²) in [5, 5.41) is 3.49. The molecule has 2 heteroatoms. The number of fused-ring (bicyclic) bond motifs is 1. The molecule has 16 heavy (non-hydrogen) atoms. The van der Waals surface area contributed by atoms with E-state index in [-0.39, 0.29) is 0 Å². The first-order valence-corrected chi connectivity index (χ1v) is 6.36. The fraction of sp³-hybridized carbons (Fsp3) is 0.571. The number of anilines is 1. The third-order valence-corrected chi connectivity index (χ3v) is 3.90. The van der Waals surface area contributed by atoms with Crippen LogP contribution in [0.1, 0.15) is 30.7 Å². The van der Waals surface area contributed by atoms with Crippen LogP contribution in [0.5, 0.6) is 0 Å². The number of hydrogen-bond acceptors (Lipinski definition) is 2. The summed E-state index contributed by atoms with van der Waals surface area (Å²) in [7, 11) is 0. The first-order valence-electron chi connectivity index (χ1n) is 6.36. The second-order valence-electron chi connectivity index (χ2n) is 4.89. The highest BCUT2D eigenvalue weighted by Gasteiger charge is 2.28. The minimum atomic E-state index is 0.706. The lowest BCUT2D eigenvalue weighted by Gasteiger charge is -2.35. The van der Waals surface area contributed by atoms with E-state index >= 15 is 0 Å². The van der Waals surface area contributed by atoms with Gasteiger partial charge in [-0.05, 0) is 42.7 Å². The normalized spacial score (nSPS) is 29.2. The molecule has 2 aliphatic heterocycles. The van der Waals surface area contributed by atoms with Gasteiger partial charge in [0.05, 0.1) is 0 Å². The van der Waals surface area contributed by atoms with Crippen molar-refractivity contribution in [2.75, 3.05) is 25.1 Å². The van der Waals surface area contributed by atoms with Gasteiger partial charge < -0.3 is 10.1 Å². The van der Waals surface area contributed by atoms with Gasteiger partial charge >= 0.3 is 0 Å². The number of rotatable bonds is 1. The summed E-state index contributed by atoms with van der Waals surface area (Å²) in [6.45, 7) is 3.03. The van der Waals surface area contributed by atoms with Gasteiger partial charge in [0, 0.05) is 25.4 Å². The van der Waals surface area contributed by atoms with Crippen molar-refractivity contribution in [3.8, 4) is 0 Å². The summed E-state index contributed by atoms with van der Waals surface area (Å²) in [5.41, 5.74) is 2.84. The van der Waals surface area contributed by atoms with Crippen molar-refractivity contribution in [3.63, 3.8) is 0 Å². The van der Waals surface area contributed by atoms with Crippen molar-refractivity contribution in [1.82, 2.24) is 0 Å². The number of para-hydroxylation sites is 1. The molecule has 1 aromatic rings. The SMILES string of the molecule is c1ccc2c(c1)NCCC2C1CCCOC1. The van der Waals surface area contributed by atoms with Crippen LogP contribution >= 0.6 is 0 Å². The summed E-state index contributed by atoms with van der Waals surface area (Å²) in [4.78, 5) is 0. The number of ether oxygens (including phenoxy) is 1. The summed E-state index contributed by atoms with van der Waals surface area (Å²) in [6.07, 6.45) is 3.82. The van der Waals surface area contributed by atoms with Crippen LogP contribution in [0.4, 0.5) is 5.69 Å². The molecule has 0 bridgehead atoms. The molecule has 2 aliphatic rings. The Kier molecular flexibility index (Phi) is 2.83.